The van der Waals surface area contributed by atoms with E-state index < -0.39 is 45.7 Å². The van der Waals surface area contributed by atoms with Crippen LogP contribution in [0.2, 0.25) is 0 Å². The molecule has 112 valence electrons. The normalized spacial score (nSPS) is 12.4. The standard InChI is InChI=1S/C9H3BrClF6NO2/c10-1-4-6(20-9(15,16)17)5(8(12,13)14)3(2-18-4)7(11)19/h2H,1H2. The highest BCUT2D eigenvalue weighted by Gasteiger charge is 2.44. The Labute approximate surface area is 121 Å². The van der Waals surface area contributed by atoms with Gasteiger partial charge in [-0.1, -0.05) is 15.9 Å². The quantitative estimate of drug-likeness (QED) is 0.442. The van der Waals surface area contributed by atoms with E-state index in [0.29, 0.717) is 6.20 Å². The molecule has 0 bridgehead atoms. The van der Waals surface area contributed by atoms with Crippen LogP contribution in [0.15, 0.2) is 6.20 Å². The lowest BCUT2D eigenvalue weighted by Crippen LogP contribution is -2.23. The van der Waals surface area contributed by atoms with Gasteiger partial charge in [-0.2, -0.15) is 13.2 Å². The van der Waals surface area contributed by atoms with Gasteiger partial charge in [0.25, 0.3) is 5.24 Å². The van der Waals surface area contributed by atoms with Gasteiger partial charge in [-0.25, -0.2) is 0 Å². The molecule has 20 heavy (non-hydrogen) atoms. The van der Waals surface area contributed by atoms with E-state index in [1.807, 2.05) is 0 Å². The number of aromatic nitrogens is 1. The van der Waals surface area contributed by atoms with E-state index in [4.69, 9.17) is 11.6 Å². The highest BCUT2D eigenvalue weighted by Crippen LogP contribution is 2.42. The van der Waals surface area contributed by atoms with Gasteiger partial charge >= 0.3 is 12.5 Å². The Balaban J connectivity index is 3.65. The molecular formula is C9H3BrClF6NO2. The summed E-state index contributed by atoms with van der Waals surface area (Å²) in [4.78, 5) is 14.2. The highest BCUT2D eigenvalue weighted by atomic mass is 79.9. The molecule has 1 aromatic heterocycles. The zero-order chi connectivity index (χ0) is 15.7. The molecule has 11 heteroatoms. The van der Waals surface area contributed by atoms with Crippen LogP contribution in [-0.2, 0) is 11.5 Å². The number of alkyl halides is 7. The molecule has 3 nitrogen and oxygen atoms in total. The Morgan fingerprint density at radius 1 is 1.30 bits per heavy atom. The number of halogens is 8. The molecule has 0 saturated heterocycles. The third kappa shape index (κ3) is 3.98. The molecule has 0 unspecified atom stereocenters. The molecule has 1 rings (SSSR count). The summed E-state index contributed by atoms with van der Waals surface area (Å²) in [6.07, 6.45) is -10.2. The summed E-state index contributed by atoms with van der Waals surface area (Å²) >= 11 is 7.61. The molecular weight excluding hydrogens is 383 g/mol. The number of hydrogen-bond donors (Lipinski definition) is 0. The molecule has 0 spiro atoms. The molecule has 1 aromatic rings. The first-order valence-corrected chi connectivity index (χ1v) is 6.08. The van der Waals surface area contributed by atoms with Crippen molar-refractivity contribution in [1.82, 2.24) is 4.98 Å². The zero-order valence-electron chi connectivity index (χ0n) is 9.07. The molecule has 0 atom stereocenters. The number of carbonyl (C=O) groups is 1. The van der Waals surface area contributed by atoms with Gasteiger partial charge in [0.05, 0.1) is 11.3 Å². The molecule has 0 aliphatic rings. The topological polar surface area (TPSA) is 39.2 Å². The fraction of sp³-hybridized carbons (Fsp3) is 0.333. The second-order valence-corrected chi connectivity index (χ2v) is 4.18. The van der Waals surface area contributed by atoms with E-state index in [1.54, 1.807) is 0 Å². The largest absolute Gasteiger partial charge is 0.573 e. The SMILES string of the molecule is O=C(Cl)c1cnc(CBr)c(OC(F)(F)F)c1C(F)(F)F. The van der Waals surface area contributed by atoms with E-state index in [0.717, 1.165) is 0 Å². The zero-order valence-corrected chi connectivity index (χ0v) is 11.4. The smallest absolute Gasteiger partial charge is 0.403 e. The molecule has 0 aliphatic carbocycles. The lowest BCUT2D eigenvalue weighted by molar-refractivity contribution is -0.276. The number of pyridine rings is 1. The summed E-state index contributed by atoms with van der Waals surface area (Å²) in [5.74, 6) is -1.60. The van der Waals surface area contributed by atoms with Crippen LogP contribution in [0.25, 0.3) is 0 Å². The van der Waals surface area contributed by atoms with Crippen molar-refractivity contribution in [2.24, 2.45) is 0 Å². The Hall–Kier alpha value is -1.03. The van der Waals surface area contributed by atoms with Gasteiger partial charge in [0.15, 0.2) is 5.75 Å². The summed E-state index contributed by atoms with van der Waals surface area (Å²) < 4.78 is 78.6. The molecule has 0 N–H and O–H groups in total. The lowest BCUT2D eigenvalue weighted by Gasteiger charge is -2.19. The average molecular weight is 386 g/mol. The highest BCUT2D eigenvalue weighted by molar-refractivity contribution is 9.08. The van der Waals surface area contributed by atoms with Crippen molar-refractivity contribution >= 4 is 32.8 Å². The summed E-state index contributed by atoms with van der Waals surface area (Å²) in [5, 5.41) is -2.05. The monoisotopic (exact) mass is 385 g/mol. The fourth-order valence-corrected chi connectivity index (χ4v) is 1.83. The number of carbonyl (C=O) groups excluding carboxylic acids is 1. The van der Waals surface area contributed by atoms with Gasteiger partial charge < -0.3 is 4.74 Å². The van der Waals surface area contributed by atoms with Crippen molar-refractivity contribution in [2.75, 3.05) is 0 Å². The Bertz CT molecular complexity index is 530. The maximum Gasteiger partial charge on any atom is 0.573 e. The first-order valence-electron chi connectivity index (χ1n) is 4.58. The van der Waals surface area contributed by atoms with E-state index in [1.165, 1.54) is 0 Å². The fourth-order valence-electron chi connectivity index (χ4n) is 1.28. The van der Waals surface area contributed by atoms with Gasteiger partial charge in [0, 0.05) is 11.5 Å². The van der Waals surface area contributed by atoms with Gasteiger partial charge in [-0.15, -0.1) is 13.2 Å². The Kier molecular flexibility index (Phi) is 4.90. The average Bonchev–Trinajstić information content (AvgIpc) is 2.24. The van der Waals surface area contributed by atoms with Crippen LogP contribution in [0.1, 0.15) is 21.6 Å². The molecule has 0 amide bonds. The van der Waals surface area contributed by atoms with Crippen LogP contribution in [0.3, 0.4) is 0 Å². The molecule has 0 fully saturated rings. The van der Waals surface area contributed by atoms with Gasteiger partial charge in [0.1, 0.15) is 5.56 Å². The molecule has 0 radical (unpaired) electrons. The van der Waals surface area contributed by atoms with Crippen LogP contribution in [0, 0.1) is 0 Å². The minimum absolute atomic E-state index is 0.442. The summed E-state index contributed by atoms with van der Waals surface area (Å²) in [5.41, 5.74) is -3.81. The Morgan fingerprint density at radius 2 is 1.85 bits per heavy atom. The van der Waals surface area contributed by atoms with Crippen molar-refractivity contribution in [3.8, 4) is 5.75 Å². The maximum absolute atomic E-state index is 12.9. The predicted octanol–water partition coefficient (Wildman–Crippen LogP) is 4.27. The van der Waals surface area contributed by atoms with E-state index in [-0.39, 0.29) is 0 Å². The summed E-state index contributed by atoms with van der Waals surface area (Å²) in [7, 11) is 0. The van der Waals surface area contributed by atoms with Crippen molar-refractivity contribution in [3.63, 3.8) is 0 Å². The van der Waals surface area contributed by atoms with Crippen LogP contribution < -0.4 is 4.74 Å². The summed E-state index contributed by atoms with van der Waals surface area (Å²) in [6, 6.07) is 0. The number of nitrogens with zero attached hydrogens (tertiary/aromatic N) is 1. The minimum Gasteiger partial charge on any atom is -0.403 e. The van der Waals surface area contributed by atoms with E-state index in [9.17, 15) is 31.1 Å². The number of rotatable bonds is 3. The second kappa shape index (κ2) is 5.76. The number of ether oxygens (including phenoxy) is 1. The van der Waals surface area contributed by atoms with Gasteiger partial charge in [-0.05, 0) is 11.6 Å². The van der Waals surface area contributed by atoms with Gasteiger partial charge in [-0.3, -0.25) is 9.78 Å². The Morgan fingerprint density at radius 3 is 2.20 bits per heavy atom. The van der Waals surface area contributed by atoms with Crippen molar-refractivity contribution in [2.45, 2.75) is 17.9 Å². The minimum atomic E-state index is -5.38. The number of hydrogen-bond acceptors (Lipinski definition) is 3. The third-order valence-corrected chi connectivity index (χ3v) is 2.68. The molecule has 0 aliphatic heterocycles. The van der Waals surface area contributed by atoms with Crippen LogP contribution in [0.4, 0.5) is 26.3 Å². The van der Waals surface area contributed by atoms with Crippen LogP contribution in [0.5, 0.6) is 5.75 Å². The molecule has 0 aromatic carbocycles. The summed E-state index contributed by atoms with van der Waals surface area (Å²) in [6.45, 7) is 0. The molecule has 0 saturated carbocycles. The third-order valence-electron chi connectivity index (χ3n) is 1.95. The van der Waals surface area contributed by atoms with Crippen LogP contribution in [-0.4, -0.2) is 16.6 Å². The first kappa shape index (κ1) is 17.0. The first-order chi connectivity index (χ1) is 8.97. The second-order valence-electron chi connectivity index (χ2n) is 3.28. The van der Waals surface area contributed by atoms with Crippen LogP contribution >= 0.6 is 27.5 Å². The van der Waals surface area contributed by atoms with Crippen molar-refractivity contribution < 1.29 is 35.9 Å². The maximum atomic E-state index is 12.9. The lowest BCUT2D eigenvalue weighted by atomic mass is 10.1. The van der Waals surface area contributed by atoms with Crippen molar-refractivity contribution in [1.29, 1.82) is 0 Å². The van der Waals surface area contributed by atoms with E-state index >= 15 is 0 Å². The molecule has 1 heterocycles. The van der Waals surface area contributed by atoms with Gasteiger partial charge in [0.2, 0.25) is 0 Å². The van der Waals surface area contributed by atoms with E-state index in [2.05, 4.69) is 25.7 Å². The van der Waals surface area contributed by atoms with Crippen molar-refractivity contribution in [3.05, 3.63) is 23.0 Å². The predicted molar refractivity (Wildman–Crippen MR) is 58.7 cm³/mol.